The van der Waals surface area contributed by atoms with Gasteiger partial charge in [0.2, 0.25) is 5.91 Å². The summed E-state index contributed by atoms with van der Waals surface area (Å²) < 4.78 is 0. The van der Waals surface area contributed by atoms with E-state index in [0.717, 1.165) is 76.7 Å². The van der Waals surface area contributed by atoms with E-state index in [-0.39, 0.29) is 11.6 Å². The van der Waals surface area contributed by atoms with Gasteiger partial charge < -0.3 is 10.0 Å². The number of aliphatic hydroxyl groups excluding tert-OH is 1. The van der Waals surface area contributed by atoms with Crippen LogP contribution in [0.4, 0.5) is 0 Å². The fraction of sp³-hybridized carbons (Fsp3) is 0.700. The zero-order valence-electron chi connectivity index (χ0n) is 14.9. The summed E-state index contributed by atoms with van der Waals surface area (Å²) in [5, 5.41) is 9.78. The fourth-order valence-electron chi connectivity index (χ4n) is 5.11. The minimum Gasteiger partial charge on any atom is -0.393 e. The molecular formula is C20H29N3O2. The van der Waals surface area contributed by atoms with E-state index in [1.165, 1.54) is 0 Å². The summed E-state index contributed by atoms with van der Waals surface area (Å²) >= 11 is 0. The molecule has 1 aliphatic carbocycles. The van der Waals surface area contributed by atoms with E-state index in [4.69, 9.17) is 0 Å². The van der Waals surface area contributed by atoms with Gasteiger partial charge in [0.1, 0.15) is 5.54 Å². The Hall–Kier alpha value is -1.46. The molecule has 136 valence electrons. The van der Waals surface area contributed by atoms with Crippen LogP contribution >= 0.6 is 0 Å². The van der Waals surface area contributed by atoms with Crippen molar-refractivity contribution in [2.24, 2.45) is 0 Å². The number of carbonyl (C=O) groups excluding carboxylic acids is 1. The maximum Gasteiger partial charge on any atom is 0.243 e. The summed E-state index contributed by atoms with van der Waals surface area (Å²) in [6.45, 7) is 2.64. The molecule has 1 unspecified atom stereocenters. The van der Waals surface area contributed by atoms with Crippen LogP contribution in [0.25, 0.3) is 0 Å². The van der Waals surface area contributed by atoms with E-state index in [0.29, 0.717) is 11.9 Å². The third kappa shape index (κ3) is 3.20. The minimum atomic E-state index is -0.314. The molecule has 4 rings (SSSR count). The Bertz CT molecular complexity index is 600. The van der Waals surface area contributed by atoms with Crippen LogP contribution in [0, 0.1) is 0 Å². The molecule has 3 aliphatic rings. The van der Waals surface area contributed by atoms with Crippen molar-refractivity contribution < 1.29 is 9.90 Å². The molecule has 0 radical (unpaired) electrons. The second-order valence-electron chi connectivity index (χ2n) is 7.94. The number of likely N-dealkylation sites (tertiary alicyclic amines) is 2. The van der Waals surface area contributed by atoms with Crippen molar-refractivity contribution in [2.75, 3.05) is 13.1 Å². The van der Waals surface area contributed by atoms with Crippen LogP contribution in [-0.2, 0) is 11.3 Å². The molecule has 0 bridgehead atoms. The predicted molar refractivity (Wildman–Crippen MR) is 95.8 cm³/mol. The molecule has 1 saturated carbocycles. The summed E-state index contributed by atoms with van der Waals surface area (Å²) in [6, 6.07) is 6.34. The zero-order chi connectivity index (χ0) is 17.3. The smallest absolute Gasteiger partial charge is 0.243 e. The summed E-state index contributed by atoms with van der Waals surface area (Å²) in [5.41, 5.74) is 0.737. The number of aliphatic hydroxyl groups is 1. The van der Waals surface area contributed by atoms with Gasteiger partial charge in [0.25, 0.3) is 0 Å². The van der Waals surface area contributed by atoms with E-state index in [1.54, 1.807) is 0 Å². The largest absolute Gasteiger partial charge is 0.393 e. The van der Waals surface area contributed by atoms with Crippen LogP contribution in [0.5, 0.6) is 0 Å². The van der Waals surface area contributed by atoms with Gasteiger partial charge in [0.15, 0.2) is 0 Å². The molecule has 1 aromatic rings. The summed E-state index contributed by atoms with van der Waals surface area (Å²) in [4.78, 5) is 22.5. The maximum atomic E-state index is 13.5. The molecule has 0 aromatic carbocycles. The normalized spacial score (nSPS) is 34.0. The third-order valence-corrected chi connectivity index (χ3v) is 6.46. The van der Waals surface area contributed by atoms with Gasteiger partial charge >= 0.3 is 0 Å². The van der Waals surface area contributed by atoms with Crippen LogP contribution in [0.15, 0.2) is 24.4 Å². The number of carbonyl (C=O) groups is 1. The summed E-state index contributed by atoms with van der Waals surface area (Å²) in [7, 11) is 0. The molecule has 2 saturated heterocycles. The van der Waals surface area contributed by atoms with Crippen molar-refractivity contribution in [3.63, 3.8) is 0 Å². The van der Waals surface area contributed by atoms with Crippen molar-refractivity contribution in [1.29, 1.82) is 0 Å². The highest BCUT2D eigenvalue weighted by Gasteiger charge is 2.51. The highest BCUT2D eigenvalue weighted by molar-refractivity contribution is 5.87. The maximum absolute atomic E-state index is 13.5. The molecule has 1 spiro atoms. The molecule has 3 heterocycles. The number of aromatic nitrogens is 1. The second kappa shape index (κ2) is 7.04. The van der Waals surface area contributed by atoms with E-state index < -0.39 is 0 Å². The van der Waals surface area contributed by atoms with Crippen LogP contribution in [0.1, 0.15) is 57.1 Å². The van der Waals surface area contributed by atoms with Crippen molar-refractivity contribution in [3.8, 4) is 0 Å². The number of hydrogen-bond donors (Lipinski definition) is 1. The molecule has 1 aromatic heterocycles. The SMILES string of the molecule is O=C1N(C2CCC(O)CC2)CCCC12CCCN2Cc1ccccn1. The Balaban J connectivity index is 1.52. The average molecular weight is 343 g/mol. The van der Waals surface area contributed by atoms with E-state index in [2.05, 4.69) is 20.9 Å². The summed E-state index contributed by atoms with van der Waals surface area (Å²) in [6.07, 6.45) is 9.36. The van der Waals surface area contributed by atoms with Gasteiger partial charge in [-0.3, -0.25) is 14.7 Å². The first-order chi connectivity index (χ1) is 12.2. The van der Waals surface area contributed by atoms with Gasteiger partial charge in [-0.05, 0) is 70.0 Å². The first-order valence-electron chi connectivity index (χ1n) is 9.83. The Morgan fingerprint density at radius 2 is 1.88 bits per heavy atom. The van der Waals surface area contributed by atoms with E-state index in [9.17, 15) is 9.90 Å². The minimum absolute atomic E-state index is 0.169. The van der Waals surface area contributed by atoms with Gasteiger partial charge in [-0.2, -0.15) is 0 Å². The zero-order valence-corrected chi connectivity index (χ0v) is 14.9. The number of rotatable bonds is 3. The van der Waals surface area contributed by atoms with Crippen molar-refractivity contribution in [2.45, 2.75) is 75.6 Å². The van der Waals surface area contributed by atoms with E-state index in [1.807, 2.05) is 18.3 Å². The van der Waals surface area contributed by atoms with Gasteiger partial charge in [0, 0.05) is 25.3 Å². The monoisotopic (exact) mass is 343 g/mol. The first kappa shape index (κ1) is 17.0. The number of hydrogen-bond acceptors (Lipinski definition) is 4. The van der Waals surface area contributed by atoms with Gasteiger partial charge in [-0.25, -0.2) is 0 Å². The number of nitrogens with zero attached hydrogens (tertiary/aromatic N) is 3. The lowest BCUT2D eigenvalue weighted by Gasteiger charge is -2.48. The lowest BCUT2D eigenvalue weighted by Crippen LogP contribution is -2.62. The predicted octanol–water partition coefficient (Wildman–Crippen LogP) is 2.34. The molecule has 3 fully saturated rings. The topological polar surface area (TPSA) is 56.7 Å². The van der Waals surface area contributed by atoms with Crippen molar-refractivity contribution in [3.05, 3.63) is 30.1 Å². The highest BCUT2D eigenvalue weighted by atomic mass is 16.3. The number of amides is 1. The number of pyridine rings is 1. The standard InChI is InChI=1S/C20H29N3O2/c24-18-8-6-17(7-9-18)23-14-4-11-20(19(23)25)10-3-13-22(20)15-16-5-1-2-12-21-16/h1-2,5,12,17-18,24H,3-4,6-11,13-15H2. The number of piperidine rings is 1. The molecule has 5 nitrogen and oxygen atoms in total. The molecule has 1 amide bonds. The van der Waals surface area contributed by atoms with Crippen LogP contribution < -0.4 is 0 Å². The first-order valence-corrected chi connectivity index (χ1v) is 9.83. The van der Waals surface area contributed by atoms with Crippen molar-refractivity contribution >= 4 is 5.91 Å². The fourth-order valence-corrected chi connectivity index (χ4v) is 5.11. The van der Waals surface area contributed by atoms with Crippen LogP contribution in [-0.4, -0.2) is 56.6 Å². The van der Waals surface area contributed by atoms with E-state index >= 15 is 0 Å². The average Bonchev–Trinajstić information content (AvgIpc) is 3.02. The lowest BCUT2D eigenvalue weighted by molar-refractivity contribution is -0.152. The lowest BCUT2D eigenvalue weighted by atomic mass is 9.82. The molecule has 25 heavy (non-hydrogen) atoms. The molecule has 1 N–H and O–H groups in total. The highest BCUT2D eigenvalue weighted by Crippen LogP contribution is 2.40. The Labute approximate surface area is 150 Å². The van der Waals surface area contributed by atoms with Gasteiger partial charge in [0.05, 0.1) is 11.8 Å². The third-order valence-electron chi connectivity index (χ3n) is 6.46. The quantitative estimate of drug-likeness (QED) is 0.915. The molecule has 1 atom stereocenters. The van der Waals surface area contributed by atoms with Crippen LogP contribution in [0.3, 0.4) is 0 Å². The van der Waals surface area contributed by atoms with Gasteiger partial charge in [-0.1, -0.05) is 6.07 Å². The van der Waals surface area contributed by atoms with Crippen LogP contribution in [0.2, 0.25) is 0 Å². The Kier molecular flexibility index (Phi) is 4.78. The van der Waals surface area contributed by atoms with Gasteiger partial charge in [-0.15, -0.1) is 0 Å². The summed E-state index contributed by atoms with van der Waals surface area (Å²) in [5.74, 6) is 0.341. The molecule has 5 heteroatoms. The van der Waals surface area contributed by atoms with Crippen molar-refractivity contribution in [1.82, 2.24) is 14.8 Å². The molecular weight excluding hydrogens is 314 g/mol. The Morgan fingerprint density at radius 1 is 1.12 bits per heavy atom. The molecule has 2 aliphatic heterocycles. The Morgan fingerprint density at radius 3 is 2.60 bits per heavy atom. The second-order valence-corrected chi connectivity index (χ2v) is 7.94.